The summed E-state index contributed by atoms with van der Waals surface area (Å²) in [5.74, 6) is -0.0873. The molecule has 0 saturated carbocycles. The fourth-order valence-corrected chi connectivity index (χ4v) is 2.27. The summed E-state index contributed by atoms with van der Waals surface area (Å²) >= 11 is 0. The van der Waals surface area contributed by atoms with Crippen LogP contribution in [0.15, 0.2) is 18.2 Å². The maximum absolute atomic E-state index is 13.4. The Morgan fingerprint density at radius 3 is 2.95 bits per heavy atom. The van der Waals surface area contributed by atoms with Crippen molar-refractivity contribution >= 4 is 11.7 Å². The number of benzene rings is 1. The number of nitrogens with zero attached hydrogens (tertiary/aromatic N) is 1. The van der Waals surface area contributed by atoms with Crippen LogP contribution in [-0.2, 0) is 4.74 Å². The molecular weight excluding hydrogens is 275 g/mol. The van der Waals surface area contributed by atoms with E-state index in [0.29, 0.717) is 31.1 Å². The van der Waals surface area contributed by atoms with Gasteiger partial charge in [-0.3, -0.25) is 0 Å². The van der Waals surface area contributed by atoms with Crippen molar-refractivity contribution in [1.82, 2.24) is 4.90 Å². The normalized spacial score (nSPS) is 22.0. The summed E-state index contributed by atoms with van der Waals surface area (Å²) in [6.45, 7) is 5.55. The second-order valence-corrected chi connectivity index (χ2v) is 5.38. The number of amides is 2. The number of ether oxygens (including phenoxy) is 2. The lowest BCUT2D eigenvalue weighted by Crippen LogP contribution is -2.53. The molecule has 0 aromatic heterocycles. The number of rotatable bonds is 3. The Hall–Kier alpha value is -1.82. The van der Waals surface area contributed by atoms with E-state index in [9.17, 15) is 9.18 Å². The first kappa shape index (κ1) is 15.6. The predicted octanol–water partition coefficient (Wildman–Crippen LogP) is 2.87. The van der Waals surface area contributed by atoms with E-state index in [2.05, 4.69) is 5.32 Å². The molecular formula is C15H21FN2O3. The molecule has 1 aromatic rings. The van der Waals surface area contributed by atoms with Gasteiger partial charge in [0.25, 0.3) is 0 Å². The van der Waals surface area contributed by atoms with Crippen LogP contribution in [0.2, 0.25) is 0 Å². The van der Waals surface area contributed by atoms with E-state index in [1.54, 1.807) is 11.0 Å². The number of nitrogens with one attached hydrogen (secondary N) is 1. The highest BCUT2D eigenvalue weighted by molar-refractivity contribution is 5.89. The topological polar surface area (TPSA) is 50.8 Å². The van der Waals surface area contributed by atoms with Gasteiger partial charge in [-0.1, -0.05) is 6.92 Å². The SMILES string of the molecule is CC[C@]1(C)CN(C(=O)Nc2cc(F)cc(OC)c2)CCO1. The van der Waals surface area contributed by atoms with Crippen LogP contribution in [0.5, 0.6) is 5.75 Å². The summed E-state index contributed by atoms with van der Waals surface area (Å²) in [5.41, 5.74) is 0.0522. The molecule has 0 aliphatic carbocycles. The lowest BCUT2D eigenvalue weighted by atomic mass is 10.0. The maximum Gasteiger partial charge on any atom is 0.322 e. The molecule has 1 aromatic carbocycles. The fraction of sp³-hybridized carbons (Fsp3) is 0.533. The molecule has 1 aliphatic heterocycles. The summed E-state index contributed by atoms with van der Waals surface area (Å²) in [4.78, 5) is 14.0. The molecule has 1 heterocycles. The molecule has 2 amide bonds. The summed E-state index contributed by atoms with van der Waals surface area (Å²) in [5, 5.41) is 2.70. The number of anilines is 1. The van der Waals surface area contributed by atoms with Crippen LogP contribution in [0.25, 0.3) is 0 Å². The molecule has 1 fully saturated rings. The lowest BCUT2D eigenvalue weighted by Gasteiger charge is -2.39. The van der Waals surface area contributed by atoms with Crippen molar-refractivity contribution in [3.8, 4) is 5.75 Å². The Morgan fingerprint density at radius 1 is 1.52 bits per heavy atom. The second kappa shape index (κ2) is 6.30. The van der Waals surface area contributed by atoms with Crippen molar-refractivity contribution in [3.63, 3.8) is 0 Å². The van der Waals surface area contributed by atoms with E-state index >= 15 is 0 Å². The predicted molar refractivity (Wildman–Crippen MR) is 78.2 cm³/mol. The molecule has 1 N–H and O–H groups in total. The highest BCUT2D eigenvalue weighted by Crippen LogP contribution is 2.23. The van der Waals surface area contributed by atoms with Gasteiger partial charge in [0.05, 0.1) is 25.9 Å². The van der Waals surface area contributed by atoms with Gasteiger partial charge < -0.3 is 19.7 Å². The van der Waals surface area contributed by atoms with Crippen LogP contribution < -0.4 is 10.1 Å². The van der Waals surface area contributed by atoms with Crippen molar-refractivity contribution in [3.05, 3.63) is 24.0 Å². The van der Waals surface area contributed by atoms with Crippen LogP contribution in [0.1, 0.15) is 20.3 Å². The number of urea groups is 1. The van der Waals surface area contributed by atoms with E-state index in [-0.39, 0.29) is 11.6 Å². The van der Waals surface area contributed by atoms with Crippen LogP contribution in [-0.4, -0.2) is 43.3 Å². The minimum Gasteiger partial charge on any atom is -0.497 e. The smallest absolute Gasteiger partial charge is 0.322 e. The average molecular weight is 296 g/mol. The number of carbonyl (C=O) groups excluding carboxylic acids is 1. The van der Waals surface area contributed by atoms with Crippen molar-refractivity contribution < 1.29 is 18.7 Å². The Kier molecular flexibility index (Phi) is 4.67. The van der Waals surface area contributed by atoms with Gasteiger partial charge in [0.2, 0.25) is 0 Å². The highest BCUT2D eigenvalue weighted by Gasteiger charge is 2.32. The maximum atomic E-state index is 13.4. The van der Waals surface area contributed by atoms with Gasteiger partial charge in [-0.05, 0) is 19.4 Å². The number of hydrogen-bond acceptors (Lipinski definition) is 3. The highest BCUT2D eigenvalue weighted by atomic mass is 19.1. The number of methoxy groups -OCH3 is 1. The van der Waals surface area contributed by atoms with E-state index in [4.69, 9.17) is 9.47 Å². The molecule has 0 spiro atoms. The average Bonchev–Trinajstić information content (AvgIpc) is 2.46. The number of carbonyl (C=O) groups is 1. The molecule has 1 aliphatic rings. The van der Waals surface area contributed by atoms with Crippen molar-refractivity contribution in [1.29, 1.82) is 0 Å². The fourth-order valence-electron chi connectivity index (χ4n) is 2.27. The van der Waals surface area contributed by atoms with Crippen molar-refractivity contribution in [2.45, 2.75) is 25.9 Å². The molecule has 2 rings (SSSR count). The number of halogens is 1. The summed E-state index contributed by atoms with van der Waals surface area (Å²) < 4.78 is 24.1. The van der Waals surface area contributed by atoms with Crippen LogP contribution in [0.3, 0.4) is 0 Å². The van der Waals surface area contributed by atoms with Gasteiger partial charge in [0.1, 0.15) is 11.6 Å². The zero-order valence-corrected chi connectivity index (χ0v) is 12.6. The molecule has 5 nitrogen and oxygen atoms in total. The molecule has 0 unspecified atom stereocenters. The Bertz CT molecular complexity index is 524. The summed E-state index contributed by atoms with van der Waals surface area (Å²) in [6.07, 6.45) is 0.824. The van der Waals surface area contributed by atoms with E-state index < -0.39 is 5.82 Å². The lowest BCUT2D eigenvalue weighted by molar-refractivity contribution is -0.0860. The van der Waals surface area contributed by atoms with Gasteiger partial charge >= 0.3 is 6.03 Å². The minimum absolute atomic E-state index is 0.259. The molecule has 1 saturated heterocycles. The Labute approximate surface area is 124 Å². The van der Waals surface area contributed by atoms with Crippen molar-refractivity contribution in [2.24, 2.45) is 0 Å². The molecule has 21 heavy (non-hydrogen) atoms. The standard InChI is InChI=1S/C15H21FN2O3/c1-4-15(2)10-18(5-6-21-15)14(19)17-12-7-11(16)8-13(9-12)20-3/h7-9H,4-6,10H2,1-3H3,(H,17,19)/t15-/m1/s1. The van der Waals surface area contributed by atoms with Crippen molar-refractivity contribution in [2.75, 3.05) is 32.1 Å². The monoisotopic (exact) mass is 296 g/mol. The van der Waals surface area contributed by atoms with Crippen LogP contribution >= 0.6 is 0 Å². The van der Waals surface area contributed by atoms with Crippen LogP contribution in [0.4, 0.5) is 14.9 Å². The minimum atomic E-state index is -0.454. The molecule has 0 radical (unpaired) electrons. The number of morpholine rings is 1. The largest absolute Gasteiger partial charge is 0.497 e. The van der Waals surface area contributed by atoms with Gasteiger partial charge in [-0.15, -0.1) is 0 Å². The van der Waals surface area contributed by atoms with Crippen LogP contribution in [0, 0.1) is 5.82 Å². The Morgan fingerprint density at radius 2 is 2.29 bits per heavy atom. The summed E-state index contributed by atoms with van der Waals surface area (Å²) in [7, 11) is 1.45. The first-order valence-electron chi connectivity index (χ1n) is 7.00. The van der Waals surface area contributed by atoms with Gasteiger partial charge in [-0.2, -0.15) is 0 Å². The molecule has 116 valence electrons. The zero-order chi connectivity index (χ0) is 15.5. The van der Waals surface area contributed by atoms with Gasteiger partial charge in [-0.25, -0.2) is 9.18 Å². The first-order chi connectivity index (χ1) is 9.95. The first-order valence-corrected chi connectivity index (χ1v) is 7.00. The molecule has 0 bridgehead atoms. The molecule has 6 heteroatoms. The third-order valence-corrected chi connectivity index (χ3v) is 3.73. The molecule has 1 atom stereocenters. The zero-order valence-electron chi connectivity index (χ0n) is 12.6. The van der Waals surface area contributed by atoms with Gasteiger partial charge in [0.15, 0.2) is 0 Å². The third-order valence-electron chi connectivity index (χ3n) is 3.73. The summed E-state index contributed by atoms with van der Waals surface area (Å²) in [6, 6.07) is 3.85. The van der Waals surface area contributed by atoms with Gasteiger partial charge in [0, 0.05) is 24.4 Å². The third kappa shape index (κ3) is 3.85. The van der Waals surface area contributed by atoms with E-state index in [1.807, 2.05) is 13.8 Å². The van der Waals surface area contributed by atoms with E-state index in [1.165, 1.54) is 19.2 Å². The second-order valence-electron chi connectivity index (χ2n) is 5.38. The van der Waals surface area contributed by atoms with E-state index in [0.717, 1.165) is 6.42 Å². The Balaban J connectivity index is 2.06. The quantitative estimate of drug-likeness (QED) is 0.933. The number of hydrogen-bond donors (Lipinski definition) is 1.